The highest BCUT2D eigenvalue weighted by Gasteiger charge is 2.30. The van der Waals surface area contributed by atoms with Crippen LogP contribution < -0.4 is 10.6 Å². The summed E-state index contributed by atoms with van der Waals surface area (Å²) in [5.74, 6) is 0.756. The molecule has 1 saturated carbocycles. The maximum Gasteiger partial charge on any atom is 0.322 e. The Balaban J connectivity index is 1.58. The van der Waals surface area contributed by atoms with Crippen LogP contribution >= 0.6 is 0 Å². The average Bonchev–Trinajstić information content (AvgIpc) is 3.12. The third-order valence-electron chi connectivity index (χ3n) is 2.82. The highest BCUT2D eigenvalue weighted by molar-refractivity contribution is 5.92. The molecule has 2 heterocycles. The minimum atomic E-state index is -0.486. The van der Waals surface area contributed by atoms with Crippen LogP contribution in [0.1, 0.15) is 24.7 Å². The van der Waals surface area contributed by atoms with Crippen molar-refractivity contribution in [3.63, 3.8) is 0 Å². The molecule has 0 radical (unpaired) electrons. The Bertz CT molecular complexity index is 409. The maximum absolute atomic E-state index is 11.8. The number of hydrogen-bond acceptors (Lipinski definition) is 6. The van der Waals surface area contributed by atoms with Gasteiger partial charge in [0.1, 0.15) is 6.10 Å². The lowest BCUT2D eigenvalue weighted by Crippen LogP contribution is -2.45. The summed E-state index contributed by atoms with van der Waals surface area (Å²) in [7, 11) is 0. The number of amides is 1. The van der Waals surface area contributed by atoms with E-state index < -0.39 is 6.10 Å². The van der Waals surface area contributed by atoms with Crippen molar-refractivity contribution in [2.24, 2.45) is 0 Å². The number of carbonyl (C=O) groups excluding carboxylic acids is 1. The summed E-state index contributed by atoms with van der Waals surface area (Å²) in [5, 5.41) is 13.3. The van der Waals surface area contributed by atoms with Crippen molar-refractivity contribution < 1.29 is 13.9 Å². The Hall–Kier alpha value is -1.47. The molecule has 0 spiro atoms. The van der Waals surface area contributed by atoms with E-state index in [1.165, 1.54) is 0 Å². The van der Waals surface area contributed by atoms with Gasteiger partial charge in [0.15, 0.2) is 0 Å². The van der Waals surface area contributed by atoms with Gasteiger partial charge in [-0.25, -0.2) is 0 Å². The first-order valence-electron chi connectivity index (χ1n) is 5.79. The van der Waals surface area contributed by atoms with Crippen LogP contribution in [0.4, 0.5) is 6.01 Å². The minimum absolute atomic E-state index is 0.158. The van der Waals surface area contributed by atoms with Gasteiger partial charge in [0.2, 0.25) is 5.89 Å². The standard InChI is InChI=1S/C10H14N4O3/c15-8(7-5-11-3-4-16-7)12-10-14-13-9(17-10)6-1-2-6/h6-7,11H,1-5H2,(H,12,14,15). The fourth-order valence-electron chi connectivity index (χ4n) is 1.70. The number of nitrogens with zero attached hydrogens (tertiary/aromatic N) is 2. The molecule has 2 aliphatic rings. The predicted molar refractivity (Wildman–Crippen MR) is 57.5 cm³/mol. The smallest absolute Gasteiger partial charge is 0.322 e. The van der Waals surface area contributed by atoms with Crippen LogP contribution in [0.3, 0.4) is 0 Å². The van der Waals surface area contributed by atoms with Crippen LogP contribution in [0.5, 0.6) is 0 Å². The Morgan fingerprint density at radius 2 is 2.29 bits per heavy atom. The molecule has 7 heteroatoms. The van der Waals surface area contributed by atoms with Gasteiger partial charge in [-0.1, -0.05) is 5.10 Å². The summed E-state index contributed by atoms with van der Waals surface area (Å²) in [5.41, 5.74) is 0. The number of rotatable bonds is 3. The molecule has 17 heavy (non-hydrogen) atoms. The second-order valence-electron chi connectivity index (χ2n) is 4.27. The normalized spacial score (nSPS) is 24.6. The molecule has 3 rings (SSSR count). The zero-order valence-electron chi connectivity index (χ0n) is 9.31. The Morgan fingerprint density at radius 1 is 1.41 bits per heavy atom. The first kappa shape index (κ1) is 10.7. The fourth-order valence-corrected chi connectivity index (χ4v) is 1.70. The molecular formula is C10H14N4O3. The molecule has 7 nitrogen and oxygen atoms in total. The lowest BCUT2D eigenvalue weighted by molar-refractivity contribution is -0.128. The van der Waals surface area contributed by atoms with Crippen LogP contribution in [0.25, 0.3) is 0 Å². The molecule has 2 N–H and O–H groups in total. The molecule has 1 amide bonds. The number of aromatic nitrogens is 2. The van der Waals surface area contributed by atoms with E-state index in [9.17, 15) is 4.79 Å². The van der Waals surface area contributed by atoms with Gasteiger partial charge in [-0.2, -0.15) is 0 Å². The number of ether oxygens (including phenoxy) is 1. The van der Waals surface area contributed by atoms with Crippen molar-refractivity contribution in [1.82, 2.24) is 15.5 Å². The zero-order valence-corrected chi connectivity index (χ0v) is 9.31. The number of morpholine rings is 1. The molecule has 1 aliphatic carbocycles. The van der Waals surface area contributed by atoms with Crippen LogP contribution in [0.15, 0.2) is 4.42 Å². The van der Waals surface area contributed by atoms with Crippen LogP contribution in [0, 0.1) is 0 Å². The van der Waals surface area contributed by atoms with Gasteiger partial charge in [-0.15, -0.1) is 5.10 Å². The molecule has 0 aromatic carbocycles. The summed E-state index contributed by atoms with van der Waals surface area (Å²) >= 11 is 0. The molecule has 1 aromatic rings. The van der Waals surface area contributed by atoms with Crippen LogP contribution in [0.2, 0.25) is 0 Å². The number of anilines is 1. The molecule has 92 valence electrons. The van der Waals surface area contributed by atoms with Crippen molar-refractivity contribution in [3.05, 3.63) is 5.89 Å². The number of hydrogen-bond donors (Lipinski definition) is 2. The monoisotopic (exact) mass is 238 g/mol. The van der Waals surface area contributed by atoms with Crippen molar-refractivity contribution >= 4 is 11.9 Å². The first-order chi connectivity index (χ1) is 8.33. The molecule has 2 fully saturated rings. The molecule has 1 saturated heterocycles. The molecular weight excluding hydrogens is 224 g/mol. The highest BCUT2D eigenvalue weighted by atomic mass is 16.5. The first-order valence-corrected chi connectivity index (χ1v) is 5.79. The number of nitrogens with one attached hydrogen (secondary N) is 2. The lowest BCUT2D eigenvalue weighted by Gasteiger charge is -2.21. The summed E-state index contributed by atoms with van der Waals surface area (Å²) in [4.78, 5) is 11.8. The third kappa shape index (κ3) is 2.45. The summed E-state index contributed by atoms with van der Waals surface area (Å²) in [6.45, 7) is 1.82. The quantitative estimate of drug-likeness (QED) is 0.762. The molecule has 1 aromatic heterocycles. The van der Waals surface area contributed by atoms with Gasteiger partial charge in [-0.05, 0) is 12.8 Å². The predicted octanol–water partition coefficient (Wildman–Crippen LogP) is -0.126. The SMILES string of the molecule is O=C(Nc1nnc(C2CC2)o1)C1CNCCO1. The summed E-state index contributed by atoms with van der Waals surface area (Å²) in [6, 6.07) is 0.158. The summed E-state index contributed by atoms with van der Waals surface area (Å²) in [6.07, 6.45) is 1.69. The molecule has 1 unspecified atom stereocenters. The second-order valence-corrected chi connectivity index (χ2v) is 4.27. The van der Waals surface area contributed by atoms with E-state index in [1.807, 2.05) is 0 Å². The zero-order chi connectivity index (χ0) is 11.7. The topological polar surface area (TPSA) is 89.3 Å². The van der Waals surface area contributed by atoms with E-state index in [0.717, 1.165) is 19.4 Å². The van der Waals surface area contributed by atoms with E-state index in [4.69, 9.17) is 9.15 Å². The Labute approximate surface area is 97.9 Å². The van der Waals surface area contributed by atoms with Gasteiger partial charge >= 0.3 is 6.01 Å². The number of carbonyl (C=O) groups is 1. The second kappa shape index (κ2) is 4.42. The van der Waals surface area contributed by atoms with Crippen molar-refractivity contribution in [1.29, 1.82) is 0 Å². The van der Waals surface area contributed by atoms with E-state index in [2.05, 4.69) is 20.8 Å². The van der Waals surface area contributed by atoms with Gasteiger partial charge < -0.3 is 14.5 Å². The van der Waals surface area contributed by atoms with Crippen LogP contribution in [-0.4, -0.2) is 41.9 Å². The Kier molecular flexibility index (Phi) is 2.77. The van der Waals surface area contributed by atoms with E-state index in [-0.39, 0.29) is 11.9 Å². The van der Waals surface area contributed by atoms with Crippen molar-refractivity contribution in [2.45, 2.75) is 24.9 Å². The van der Waals surface area contributed by atoms with E-state index >= 15 is 0 Å². The van der Waals surface area contributed by atoms with Crippen molar-refractivity contribution in [2.75, 3.05) is 25.0 Å². The third-order valence-corrected chi connectivity index (χ3v) is 2.82. The largest absolute Gasteiger partial charge is 0.408 e. The van der Waals surface area contributed by atoms with Gasteiger partial charge in [0.05, 0.1) is 6.61 Å². The van der Waals surface area contributed by atoms with Gasteiger partial charge in [-0.3, -0.25) is 10.1 Å². The fraction of sp³-hybridized carbons (Fsp3) is 0.700. The minimum Gasteiger partial charge on any atom is -0.408 e. The average molecular weight is 238 g/mol. The summed E-state index contributed by atoms with van der Waals surface area (Å²) < 4.78 is 10.7. The van der Waals surface area contributed by atoms with Gasteiger partial charge in [0, 0.05) is 19.0 Å². The van der Waals surface area contributed by atoms with E-state index in [0.29, 0.717) is 25.0 Å². The van der Waals surface area contributed by atoms with Crippen molar-refractivity contribution in [3.8, 4) is 0 Å². The maximum atomic E-state index is 11.8. The molecule has 1 atom stereocenters. The Morgan fingerprint density at radius 3 is 3.00 bits per heavy atom. The van der Waals surface area contributed by atoms with Crippen LogP contribution in [-0.2, 0) is 9.53 Å². The molecule has 0 bridgehead atoms. The van der Waals surface area contributed by atoms with Gasteiger partial charge in [0.25, 0.3) is 5.91 Å². The highest BCUT2D eigenvalue weighted by Crippen LogP contribution is 2.39. The van der Waals surface area contributed by atoms with E-state index in [1.54, 1.807) is 0 Å². The molecule has 1 aliphatic heterocycles. The lowest BCUT2D eigenvalue weighted by atomic mass is 10.3.